The molecule has 0 saturated heterocycles. The van der Waals surface area contributed by atoms with Gasteiger partial charge in [0.2, 0.25) is 0 Å². The van der Waals surface area contributed by atoms with Crippen LogP contribution in [0, 0.1) is 6.92 Å². The van der Waals surface area contributed by atoms with Crippen LogP contribution in [0.1, 0.15) is 22.1 Å². The highest BCUT2D eigenvalue weighted by Gasteiger charge is 2.14. The molecule has 1 aromatic carbocycles. The van der Waals surface area contributed by atoms with E-state index in [0.717, 1.165) is 10.4 Å². The van der Waals surface area contributed by atoms with Gasteiger partial charge >= 0.3 is 6.61 Å². The van der Waals surface area contributed by atoms with Crippen molar-refractivity contribution in [3.05, 3.63) is 51.7 Å². The number of thiophene rings is 1. The number of benzene rings is 1. The Labute approximate surface area is 107 Å². The molecule has 18 heavy (non-hydrogen) atoms. The second kappa shape index (κ2) is 5.46. The Kier molecular flexibility index (Phi) is 3.93. The third-order valence-electron chi connectivity index (χ3n) is 2.57. The van der Waals surface area contributed by atoms with E-state index in [1.165, 1.54) is 23.5 Å². The van der Waals surface area contributed by atoms with Crippen molar-refractivity contribution in [2.24, 2.45) is 0 Å². The van der Waals surface area contributed by atoms with Gasteiger partial charge in [-0.1, -0.05) is 12.1 Å². The van der Waals surface area contributed by atoms with E-state index in [9.17, 15) is 13.9 Å². The standard InChI is InChI=1S/C13H12F2O2S/c1-8-6-7-18-12(8)11(16)9-2-4-10(5-3-9)17-13(14)15/h2-7,11,13,16H,1H3. The summed E-state index contributed by atoms with van der Waals surface area (Å²) in [6.45, 7) is -0.913. The molecule has 1 atom stereocenters. The Bertz CT molecular complexity index is 508. The summed E-state index contributed by atoms with van der Waals surface area (Å²) in [7, 11) is 0. The van der Waals surface area contributed by atoms with Crippen LogP contribution in [0.25, 0.3) is 0 Å². The van der Waals surface area contributed by atoms with E-state index in [0.29, 0.717) is 5.56 Å². The second-order valence-electron chi connectivity index (χ2n) is 3.82. The molecule has 5 heteroatoms. The molecule has 2 aromatic rings. The Morgan fingerprint density at radius 1 is 1.17 bits per heavy atom. The van der Waals surface area contributed by atoms with Crippen LogP contribution in [0.3, 0.4) is 0 Å². The lowest BCUT2D eigenvalue weighted by atomic mass is 10.1. The van der Waals surface area contributed by atoms with Crippen molar-refractivity contribution in [1.29, 1.82) is 0 Å². The molecule has 1 N–H and O–H groups in total. The lowest BCUT2D eigenvalue weighted by Gasteiger charge is -2.11. The molecular weight excluding hydrogens is 258 g/mol. The smallest absolute Gasteiger partial charge is 0.387 e. The monoisotopic (exact) mass is 270 g/mol. The number of rotatable bonds is 4. The first-order valence-electron chi connectivity index (χ1n) is 5.35. The van der Waals surface area contributed by atoms with Gasteiger partial charge in [0, 0.05) is 4.88 Å². The minimum Gasteiger partial charge on any atom is -0.435 e. The molecule has 96 valence electrons. The van der Waals surface area contributed by atoms with Crippen LogP contribution in [-0.2, 0) is 0 Å². The molecule has 2 rings (SSSR count). The van der Waals surface area contributed by atoms with Crippen LogP contribution in [-0.4, -0.2) is 11.7 Å². The minimum atomic E-state index is -2.83. The Morgan fingerprint density at radius 3 is 2.33 bits per heavy atom. The van der Waals surface area contributed by atoms with Crippen molar-refractivity contribution in [3.63, 3.8) is 0 Å². The highest BCUT2D eigenvalue weighted by Crippen LogP contribution is 2.30. The van der Waals surface area contributed by atoms with Gasteiger partial charge in [0.25, 0.3) is 0 Å². The summed E-state index contributed by atoms with van der Waals surface area (Å²) in [6.07, 6.45) is -0.731. The number of aryl methyl sites for hydroxylation is 1. The molecule has 0 aliphatic heterocycles. The van der Waals surface area contributed by atoms with Crippen LogP contribution in [0.5, 0.6) is 5.75 Å². The molecule has 0 aliphatic carbocycles. The van der Waals surface area contributed by atoms with Crippen molar-refractivity contribution >= 4 is 11.3 Å². The number of alkyl halides is 2. The summed E-state index contributed by atoms with van der Waals surface area (Å²) in [5.74, 6) is 0.0869. The van der Waals surface area contributed by atoms with Crippen LogP contribution >= 0.6 is 11.3 Å². The fourth-order valence-electron chi connectivity index (χ4n) is 1.65. The molecular formula is C13H12F2O2S. The summed E-state index contributed by atoms with van der Waals surface area (Å²) >= 11 is 1.47. The first-order chi connectivity index (χ1) is 8.58. The molecule has 0 aliphatic rings. The molecule has 0 fully saturated rings. The third-order valence-corrected chi connectivity index (χ3v) is 3.64. The van der Waals surface area contributed by atoms with Crippen LogP contribution in [0.2, 0.25) is 0 Å². The average molecular weight is 270 g/mol. The second-order valence-corrected chi connectivity index (χ2v) is 4.77. The van der Waals surface area contributed by atoms with E-state index >= 15 is 0 Å². The van der Waals surface area contributed by atoms with E-state index in [1.807, 2.05) is 18.4 Å². The number of halogens is 2. The van der Waals surface area contributed by atoms with Gasteiger partial charge in [-0.15, -0.1) is 11.3 Å². The van der Waals surface area contributed by atoms with Crippen molar-refractivity contribution in [2.45, 2.75) is 19.6 Å². The van der Waals surface area contributed by atoms with Gasteiger partial charge in [-0.3, -0.25) is 0 Å². The highest BCUT2D eigenvalue weighted by atomic mass is 32.1. The van der Waals surface area contributed by atoms with Gasteiger partial charge in [-0.05, 0) is 41.6 Å². The number of hydrogen-bond donors (Lipinski definition) is 1. The van der Waals surface area contributed by atoms with Crippen molar-refractivity contribution < 1.29 is 18.6 Å². The summed E-state index contributed by atoms with van der Waals surface area (Å²) in [6, 6.07) is 7.95. The maximum absolute atomic E-state index is 12.0. The predicted octanol–water partition coefficient (Wildman–Crippen LogP) is 3.74. The van der Waals surface area contributed by atoms with Gasteiger partial charge in [-0.25, -0.2) is 0 Å². The molecule has 0 saturated carbocycles. The average Bonchev–Trinajstić information content (AvgIpc) is 2.75. The topological polar surface area (TPSA) is 29.5 Å². The normalized spacial score (nSPS) is 12.7. The fraction of sp³-hybridized carbons (Fsp3) is 0.231. The van der Waals surface area contributed by atoms with E-state index in [2.05, 4.69) is 4.74 Å². The maximum atomic E-state index is 12.0. The van der Waals surface area contributed by atoms with Crippen LogP contribution < -0.4 is 4.74 Å². The summed E-state index contributed by atoms with van der Waals surface area (Å²) in [5, 5.41) is 12.1. The molecule has 0 bridgehead atoms. The lowest BCUT2D eigenvalue weighted by molar-refractivity contribution is -0.0498. The summed E-state index contributed by atoms with van der Waals surface area (Å²) < 4.78 is 28.2. The van der Waals surface area contributed by atoms with Gasteiger partial charge in [0.05, 0.1) is 0 Å². The van der Waals surface area contributed by atoms with Gasteiger partial charge < -0.3 is 9.84 Å². The summed E-state index contributed by atoms with van der Waals surface area (Å²) in [4.78, 5) is 0.859. The SMILES string of the molecule is Cc1ccsc1C(O)c1ccc(OC(F)F)cc1. The van der Waals surface area contributed by atoms with Gasteiger partial charge in [0.1, 0.15) is 11.9 Å². The van der Waals surface area contributed by atoms with E-state index in [1.54, 1.807) is 12.1 Å². The number of ether oxygens (including phenoxy) is 1. The third kappa shape index (κ3) is 2.86. The van der Waals surface area contributed by atoms with Crippen molar-refractivity contribution in [3.8, 4) is 5.75 Å². The quantitative estimate of drug-likeness (QED) is 0.917. The van der Waals surface area contributed by atoms with Gasteiger partial charge in [-0.2, -0.15) is 8.78 Å². The fourth-order valence-corrected chi connectivity index (χ4v) is 2.59. The Balaban J connectivity index is 2.17. The lowest BCUT2D eigenvalue weighted by Crippen LogP contribution is -2.03. The number of aliphatic hydroxyl groups is 1. The van der Waals surface area contributed by atoms with Crippen molar-refractivity contribution in [1.82, 2.24) is 0 Å². The number of aliphatic hydroxyl groups excluding tert-OH is 1. The van der Waals surface area contributed by atoms with E-state index < -0.39 is 12.7 Å². The zero-order valence-corrected chi connectivity index (χ0v) is 10.5. The molecule has 0 spiro atoms. The van der Waals surface area contributed by atoms with Gasteiger partial charge in [0.15, 0.2) is 0 Å². The van der Waals surface area contributed by atoms with E-state index in [4.69, 9.17) is 0 Å². The first-order valence-corrected chi connectivity index (χ1v) is 6.22. The zero-order chi connectivity index (χ0) is 13.1. The van der Waals surface area contributed by atoms with Crippen LogP contribution in [0.15, 0.2) is 35.7 Å². The molecule has 0 amide bonds. The molecule has 2 nitrogen and oxygen atoms in total. The minimum absolute atomic E-state index is 0.0869. The molecule has 1 heterocycles. The maximum Gasteiger partial charge on any atom is 0.387 e. The largest absolute Gasteiger partial charge is 0.435 e. The summed E-state index contributed by atoms with van der Waals surface area (Å²) in [5.41, 5.74) is 1.67. The first kappa shape index (κ1) is 13.0. The molecule has 0 radical (unpaired) electrons. The van der Waals surface area contributed by atoms with Crippen molar-refractivity contribution in [2.75, 3.05) is 0 Å². The molecule has 1 unspecified atom stereocenters. The molecule has 1 aromatic heterocycles. The number of hydrogen-bond acceptors (Lipinski definition) is 3. The predicted molar refractivity (Wildman–Crippen MR) is 66.2 cm³/mol. The highest BCUT2D eigenvalue weighted by molar-refractivity contribution is 7.10. The van der Waals surface area contributed by atoms with Crippen LogP contribution in [0.4, 0.5) is 8.78 Å². The Hall–Kier alpha value is -1.46. The Morgan fingerprint density at radius 2 is 1.83 bits per heavy atom. The zero-order valence-electron chi connectivity index (χ0n) is 9.64. The van der Waals surface area contributed by atoms with E-state index in [-0.39, 0.29) is 5.75 Å².